The van der Waals surface area contributed by atoms with E-state index in [1.165, 1.54) is 340 Å². The van der Waals surface area contributed by atoms with Gasteiger partial charge in [-0.1, -0.05) is 391 Å². The van der Waals surface area contributed by atoms with Gasteiger partial charge in [0.1, 0.15) is 48.8 Å². The van der Waals surface area contributed by atoms with E-state index in [4.69, 9.17) is 18.9 Å². The fourth-order valence-corrected chi connectivity index (χ4v) is 14.3. The number of ether oxygens (including phenoxy) is 4. The van der Waals surface area contributed by atoms with E-state index in [1.54, 1.807) is 6.08 Å². The van der Waals surface area contributed by atoms with Crippen LogP contribution in [0.1, 0.15) is 406 Å². The summed E-state index contributed by atoms with van der Waals surface area (Å²) in [5.41, 5.74) is 0. The summed E-state index contributed by atoms with van der Waals surface area (Å²) in [6, 6.07) is -0.931. The number of allylic oxidation sites excluding steroid dienone is 3. The Morgan fingerprint density at radius 3 is 1.01 bits per heavy atom. The van der Waals surface area contributed by atoms with Gasteiger partial charge >= 0.3 is 0 Å². The van der Waals surface area contributed by atoms with Crippen molar-refractivity contribution in [2.45, 2.75) is 479 Å². The maximum Gasteiger partial charge on any atom is 0.220 e. The molecule has 2 aliphatic rings. The Bertz CT molecular complexity index is 1720. The van der Waals surface area contributed by atoms with E-state index < -0.39 is 86.8 Å². The molecule has 0 bridgehead atoms. The van der Waals surface area contributed by atoms with Gasteiger partial charge in [-0.15, -0.1) is 0 Å². The molecule has 97 heavy (non-hydrogen) atoms. The zero-order chi connectivity index (χ0) is 70.1. The van der Waals surface area contributed by atoms with Crippen molar-refractivity contribution in [3.05, 3.63) is 24.3 Å². The van der Waals surface area contributed by atoms with Gasteiger partial charge in [0, 0.05) is 6.42 Å². The van der Waals surface area contributed by atoms with Gasteiger partial charge in [0.25, 0.3) is 0 Å². The number of hydrogen-bond acceptors (Lipinski definition) is 13. The molecule has 0 saturated carbocycles. The summed E-state index contributed by atoms with van der Waals surface area (Å²) in [7, 11) is 0. The molecule has 14 heteroatoms. The molecule has 574 valence electrons. The third kappa shape index (κ3) is 50.5. The molecule has 2 fully saturated rings. The third-order valence-electron chi connectivity index (χ3n) is 20.9. The van der Waals surface area contributed by atoms with E-state index in [-0.39, 0.29) is 18.9 Å². The summed E-state index contributed by atoms with van der Waals surface area (Å²) in [6.45, 7) is 2.86. The third-order valence-corrected chi connectivity index (χ3v) is 20.9. The number of carbonyl (C=O) groups excluding carboxylic acids is 1. The molecule has 9 N–H and O–H groups in total. The lowest BCUT2D eigenvalue weighted by molar-refractivity contribution is -0.359. The molecule has 0 aromatic rings. The Balaban J connectivity index is 1.61. The molecule has 0 radical (unpaired) electrons. The van der Waals surface area contributed by atoms with Crippen molar-refractivity contribution >= 4 is 5.91 Å². The Kier molecular flexibility index (Phi) is 63.8. The van der Waals surface area contributed by atoms with Crippen molar-refractivity contribution in [3.8, 4) is 0 Å². The van der Waals surface area contributed by atoms with Gasteiger partial charge in [-0.2, -0.15) is 0 Å². The number of unbranched alkanes of at least 4 members (excludes halogenated alkanes) is 57. The summed E-state index contributed by atoms with van der Waals surface area (Å²) < 4.78 is 22.9. The topological polar surface area (TPSA) is 228 Å². The highest BCUT2D eigenvalue weighted by Crippen LogP contribution is 2.30. The number of carbonyl (C=O) groups is 1. The van der Waals surface area contributed by atoms with Gasteiger partial charge in [-0.05, 0) is 32.1 Å². The summed E-state index contributed by atoms with van der Waals surface area (Å²) in [4.78, 5) is 13.4. The van der Waals surface area contributed by atoms with Crippen LogP contribution in [0.25, 0.3) is 0 Å². The molecule has 2 heterocycles. The van der Waals surface area contributed by atoms with Gasteiger partial charge in [-0.3, -0.25) is 4.79 Å². The van der Waals surface area contributed by atoms with E-state index in [1.807, 2.05) is 6.08 Å². The van der Waals surface area contributed by atoms with Gasteiger partial charge in [0.05, 0.1) is 32.0 Å². The van der Waals surface area contributed by atoms with Crippen molar-refractivity contribution in [1.29, 1.82) is 0 Å². The average molecular weight is 1380 g/mol. The normalized spacial score (nSPS) is 22.2. The van der Waals surface area contributed by atoms with Crippen molar-refractivity contribution in [2.24, 2.45) is 0 Å². The molecule has 0 aliphatic carbocycles. The largest absolute Gasteiger partial charge is 0.394 e. The van der Waals surface area contributed by atoms with Crippen LogP contribution in [-0.2, 0) is 23.7 Å². The lowest BCUT2D eigenvalue weighted by Gasteiger charge is -2.46. The highest BCUT2D eigenvalue weighted by molar-refractivity contribution is 5.76. The Labute approximate surface area is 596 Å². The van der Waals surface area contributed by atoms with Crippen molar-refractivity contribution in [3.63, 3.8) is 0 Å². The molecular weight excluding hydrogens is 1220 g/mol. The van der Waals surface area contributed by atoms with Crippen LogP contribution in [-0.4, -0.2) is 140 Å². The van der Waals surface area contributed by atoms with E-state index in [0.717, 1.165) is 32.1 Å². The molecule has 12 atom stereocenters. The first kappa shape index (κ1) is 91.6. The summed E-state index contributed by atoms with van der Waals surface area (Å²) >= 11 is 0. The minimum Gasteiger partial charge on any atom is -0.394 e. The van der Waals surface area contributed by atoms with Crippen LogP contribution < -0.4 is 5.32 Å². The summed E-state index contributed by atoms with van der Waals surface area (Å²) in [5, 5.41) is 87.7. The van der Waals surface area contributed by atoms with Crippen molar-refractivity contribution < 1.29 is 64.6 Å². The second kappa shape index (κ2) is 67.6. The lowest BCUT2D eigenvalue weighted by Crippen LogP contribution is -2.65. The van der Waals surface area contributed by atoms with Gasteiger partial charge in [0.2, 0.25) is 5.91 Å². The number of nitrogens with one attached hydrogen (secondary N) is 1. The minimum absolute atomic E-state index is 0.239. The van der Waals surface area contributed by atoms with Gasteiger partial charge < -0.3 is 65.1 Å². The number of aliphatic hydroxyl groups excluding tert-OH is 8. The zero-order valence-corrected chi connectivity index (χ0v) is 63.1. The molecule has 12 unspecified atom stereocenters. The average Bonchev–Trinajstić information content (AvgIpc) is 0.794. The number of aliphatic hydroxyl groups is 8. The lowest BCUT2D eigenvalue weighted by atomic mass is 9.97. The van der Waals surface area contributed by atoms with Crippen LogP contribution in [0.3, 0.4) is 0 Å². The molecule has 2 rings (SSSR count). The van der Waals surface area contributed by atoms with Crippen LogP contribution in [0.5, 0.6) is 0 Å². The first-order chi connectivity index (χ1) is 47.6. The van der Waals surface area contributed by atoms with E-state index in [2.05, 4.69) is 31.3 Å². The van der Waals surface area contributed by atoms with Crippen LogP contribution >= 0.6 is 0 Å². The Hall–Kier alpha value is -1.53. The van der Waals surface area contributed by atoms with Gasteiger partial charge in [0.15, 0.2) is 12.6 Å². The standard InChI is InChI=1S/C83H159NO13/c1-3-5-7-9-11-13-15-17-19-21-23-25-27-29-31-33-35-36-37-38-40-42-44-46-48-50-52-54-56-58-60-62-64-66-72(87)71(70-94-82-80(93)78(91)81(74(69-86)96-82)97-83-79(92)77(90)76(89)73(68-85)95-83)84-75(88)67-65-63-61-59-57-55-53-51-49-47-45-43-41-39-34-32-30-28-26-24-22-20-18-16-14-12-10-8-6-4-2/h56,58,64,66,71-74,76-83,85-87,89-93H,3-55,57,59-63,65,67-70H2,1-2H3,(H,84,88)/b58-56+,66-64+. The van der Waals surface area contributed by atoms with Crippen molar-refractivity contribution in [2.75, 3.05) is 19.8 Å². The number of rotatable bonds is 72. The monoisotopic (exact) mass is 1380 g/mol. The minimum atomic E-state index is -1.79. The highest BCUT2D eigenvalue weighted by Gasteiger charge is 2.51. The van der Waals surface area contributed by atoms with Crippen LogP contribution in [0.2, 0.25) is 0 Å². The SMILES string of the molecule is CCCCCCCCCCCCCCCCCCCCCCCCCCCCC/C=C/CC/C=C/C(O)C(COC1OC(CO)C(OC2OC(CO)C(O)C(O)C2O)C(O)C1O)NC(=O)CCCCCCCCCCCCCCCCCCCCCCCCCCCCCCCC. The van der Waals surface area contributed by atoms with Crippen LogP contribution in [0.4, 0.5) is 0 Å². The van der Waals surface area contributed by atoms with Crippen molar-refractivity contribution in [1.82, 2.24) is 5.32 Å². The molecule has 2 saturated heterocycles. The fraction of sp³-hybridized carbons (Fsp3) is 0.940. The quantitative estimate of drug-likeness (QED) is 0.0204. The molecule has 2 aliphatic heterocycles. The smallest absolute Gasteiger partial charge is 0.220 e. The van der Waals surface area contributed by atoms with Crippen LogP contribution in [0, 0.1) is 0 Å². The predicted octanol–water partition coefficient (Wildman–Crippen LogP) is 19.4. The maximum absolute atomic E-state index is 13.4. The Morgan fingerprint density at radius 1 is 0.361 bits per heavy atom. The first-order valence-corrected chi connectivity index (χ1v) is 42.1. The molecule has 0 aromatic heterocycles. The molecular formula is C83H159NO13. The molecule has 0 aromatic carbocycles. The fourth-order valence-electron chi connectivity index (χ4n) is 14.3. The van der Waals surface area contributed by atoms with E-state index >= 15 is 0 Å². The predicted molar refractivity (Wildman–Crippen MR) is 402 cm³/mol. The second-order valence-corrected chi connectivity index (χ2v) is 30.0. The van der Waals surface area contributed by atoms with E-state index in [0.29, 0.717) is 12.8 Å². The second-order valence-electron chi connectivity index (χ2n) is 30.0. The summed E-state index contributed by atoms with van der Waals surface area (Å²) in [5.74, 6) is -0.239. The zero-order valence-electron chi connectivity index (χ0n) is 63.1. The Morgan fingerprint density at radius 2 is 0.660 bits per heavy atom. The summed E-state index contributed by atoms with van der Waals surface area (Å²) in [6.07, 6.45) is 71.4. The highest BCUT2D eigenvalue weighted by atomic mass is 16.7. The molecule has 0 spiro atoms. The molecule has 14 nitrogen and oxygen atoms in total. The first-order valence-electron chi connectivity index (χ1n) is 42.1. The number of amides is 1. The van der Waals surface area contributed by atoms with Gasteiger partial charge in [-0.25, -0.2) is 0 Å². The molecule has 1 amide bonds. The van der Waals surface area contributed by atoms with E-state index in [9.17, 15) is 45.6 Å². The number of hydrogen-bond donors (Lipinski definition) is 9. The van der Waals surface area contributed by atoms with Crippen LogP contribution in [0.15, 0.2) is 24.3 Å². The maximum atomic E-state index is 13.4.